The average molecular weight is 219 g/mol. The van der Waals surface area contributed by atoms with Crippen LogP contribution in [0.5, 0.6) is 0 Å². The van der Waals surface area contributed by atoms with Gasteiger partial charge in [0.2, 0.25) is 0 Å². The Morgan fingerprint density at radius 2 is 1.88 bits per heavy atom. The molecule has 2 rings (SSSR count). The standard InChI is InChI=1S/C12H16N2O2/c15-11(16)14-12(6-8-13-9-7-12)10-4-2-1-3-5-10/h1-5,13-14H,6-9H2,(H,15,16)/p-1. The molecule has 16 heavy (non-hydrogen) atoms. The highest BCUT2D eigenvalue weighted by atomic mass is 16.4. The van der Waals surface area contributed by atoms with Crippen molar-refractivity contribution in [1.82, 2.24) is 10.6 Å². The smallest absolute Gasteiger partial charge is 0.134 e. The van der Waals surface area contributed by atoms with Crippen LogP contribution >= 0.6 is 0 Å². The summed E-state index contributed by atoms with van der Waals surface area (Å²) in [4.78, 5) is 10.8. The van der Waals surface area contributed by atoms with Crippen molar-refractivity contribution in [3.63, 3.8) is 0 Å². The number of carbonyl (C=O) groups is 1. The number of benzene rings is 1. The molecule has 1 saturated heterocycles. The van der Waals surface area contributed by atoms with Gasteiger partial charge < -0.3 is 20.5 Å². The molecule has 1 fully saturated rings. The molecule has 1 aromatic rings. The monoisotopic (exact) mass is 219 g/mol. The van der Waals surface area contributed by atoms with E-state index in [0.29, 0.717) is 0 Å². The Morgan fingerprint density at radius 3 is 2.44 bits per heavy atom. The predicted molar refractivity (Wildman–Crippen MR) is 58.8 cm³/mol. The second-order valence-corrected chi connectivity index (χ2v) is 4.11. The SMILES string of the molecule is O=C([O-])NC1(c2ccccc2)CCNCC1. The van der Waals surface area contributed by atoms with E-state index in [9.17, 15) is 9.90 Å². The lowest BCUT2D eigenvalue weighted by atomic mass is 9.81. The minimum absolute atomic E-state index is 0.481. The van der Waals surface area contributed by atoms with E-state index < -0.39 is 11.6 Å². The van der Waals surface area contributed by atoms with Gasteiger partial charge in [0.25, 0.3) is 0 Å². The Labute approximate surface area is 94.7 Å². The Morgan fingerprint density at radius 1 is 1.25 bits per heavy atom. The zero-order valence-electron chi connectivity index (χ0n) is 9.03. The Balaban J connectivity index is 2.29. The molecule has 4 nitrogen and oxygen atoms in total. The highest BCUT2D eigenvalue weighted by Gasteiger charge is 2.33. The van der Waals surface area contributed by atoms with Crippen molar-refractivity contribution in [3.05, 3.63) is 35.9 Å². The molecule has 1 amide bonds. The number of nitrogens with one attached hydrogen (secondary N) is 2. The molecule has 1 heterocycles. The van der Waals surface area contributed by atoms with Crippen LogP contribution in [0.1, 0.15) is 18.4 Å². The number of carbonyl (C=O) groups excluding carboxylic acids is 1. The maximum Gasteiger partial charge on any atom is 0.134 e. The number of hydrogen-bond acceptors (Lipinski definition) is 3. The van der Waals surface area contributed by atoms with Crippen molar-refractivity contribution in [2.24, 2.45) is 0 Å². The molecular weight excluding hydrogens is 204 g/mol. The van der Waals surface area contributed by atoms with Gasteiger partial charge in [-0.1, -0.05) is 30.3 Å². The van der Waals surface area contributed by atoms with Crippen LogP contribution in [0.2, 0.25) is 0 Å². The van der Waals surface area contributed by atoms with Gasteiger partial charge in [0.15, 0.2) is 0 Å². The minimum Gasteiger partial charge on any atom is -0.530 e. The molecule has 1 aliphatic heterocycles. The van der Waals surface area contributed by atoms with Crippen molar-refractivity contribution >= 4 is 6.09 Å². The van der Waals surface area contributed by atoms with Crippen LogP contribution in [0.15, 0.2) is 30.3 Å². The van der Waals surface area contributed by atoms with Crippen molar-refractivity contribution in [3.8, 4) is 0 Å². The Hall–Kier alpha value is -1.55. The Kier molecular flexibility index (Phi) is 3.10. The molecule has 1 aliphatic rings. The summed E-state index contributed by atoms with van der Waals surface area (Å²) in [6.45, 7) is 1.63. The second-order valence-electron chi connectivity index (χ2n) is 4.11. The van der Waals surface area contributed by atoms with Gasteiger partial charge in [0.05, 0.1) is 5.54 Å². The lowest BCUT2D eigenvalue weighted by molar-refractivity contribution is -0.253. The van der Waals surface area contributed by atoms with E-state index >= 15 is 0 Å². The third kappa shape index (κ3) is 2.17. The highest BCUT2D eigenvalue weighted by Crippen LogP contribution is 2.30. The molecule has 0 aromatic heterocycles. The first-order valence-electron chi connectivity index (χ1n) is 5.48. The topological polar surface area (TPSA) is 64.2 Å². The summed E-state index contributed by atoms with van der Waals surface area (Å²) in [5.41, 5.74) is 0.534. The maximum atomic E-state index is 10.8. The first kappa shape index (κ1) is 11.0. The molecule has 0 saturated carbocycles. The van der Waals surface area contributed by atoms with Crippen LogP contribution in [-0.4, -0.2) is 19.2 Å². The summed E-state index contributed by atoms with van der Waals surface area (Å²) in [7, 11) is 0. The Bertz CT molecular complexity index is 359. The van der Waals surface area contributed by atoms with E-state index in [0.717, 1.165) is 31.5 Å². The van der Waals surface area contributed by atoms with Gasteiger partial charge in [-0.3, -0.25) is 0 Å². The predicted octanol–water partition coefficient (Wildman–Crippen LogP) is 0.198. The largest absolute Gasteiger partial charge is 0.530 e. The summed E-state index contributed by atoms with van der Waals surface area (Å²) in [6.07, 6.45) is 0.307. The van der Waals surface area contributed by atoms with Crippen molar-refractivity contribution in [1.29, 1.82) is 0 Å². The molecule has 2 N–H and O–H groups in total. The molecule has 0 spiro atoms. The normalized spacial score (nSPS) is 19.0. The highest BCUT2D eigenvalue weighted by molar-refractivity contribution is 5.64. The first-order valence-corrected chi connectivity index (χ1v) is 5.48. The van der Waals surface area contributed by atoms with E-state index in [1.54, 1.807) is 0 Å². The molecule has 0 unspecified atom stereocenters. The molecular formula is C12H15N2O2-. The van der Waals surface area contributed by atoms with Crippen LogP contribution in [0.3, 0.4) is 0 Å². The number of rotatable bonds is 2. The fraction of sp³-hybridized carbons (Fsp3) is 0.417. The molecule has 1 aromatic carbocycles. The molecule has 4 heteroatoms. The number of amides is 1. The molecule has 86 valence electrons. The van der Waals surface area contributed by atoms with Crippen LogP contribution < -0.4 is 15.7 Å². The summed E-state index contributed by atoms with van der Waals surface area (Å²) in [6, 6.07) is 9.70. The van der Waals surface area contributed by atoms with Crippen molar-refractivity contribution < 1.29 is 9.90 Å². The quantitative estimate of drug-likeness (QED) is 0.746. The average Bonchev–Trinajstić information content (AvgIpc) is 2.30. The third-order valence-electron chi connectivity index (χ3n) is 3.12. The van der Waals surface area contributed by atoms with Crippen LogP contribution in [0.4, 0.5) is 4.79 Å². The zero-order chi connectivity index (χ0) is 11.4. The minimum atomic E-state index is -1.20. The number of carboxylic acid groups (broad SMARTS) is 1. The van der Waals surface area contributed by atoms with Crippen LogP contribution in [0.25, 0.3) is 0 Å². The molecule has 0 radical (unpaired) electrons. The molecule has 0 atom stereocenters. The van der Waals surface area contributed by atoms with Gasteiger partial charge in [0.1, 0.15) is 6.09 Å². The fourth-order valence-electron chi connectivity index (χ4n) is 2.29. The molecule has 0 aliphatic carbocycles. The van der Waals surface area contributed by atoms with E-state index in [-0.39, 0.29) is 0 Å². The van der Waals surface area contributed by atoms with Gasteiger partial charge in [0, 0.05) is 0 Å². The molecule has 0 bridgehead atoms. The van der Waals surface area contributed by atoms with Gasteiger partial charge in [-0.2, -0.15) is 0 Å². The lowest BCUT2D eigenvalue weighted by Gasteiger charge is -2.40. The van der Waals surface area contributed by atoms with Gasteiger partial charge in [-0.05, 0) is 31.5 Å². The van der Waals surface area contributed by atoms with Crippen LogP contribution in [0, 0.1) is 0 Å². The van der Waals surface area contributed by atoms with E-state index in [4.69, 9.17) is 0 Å². The van der Waals surface area contributed by atoms with E-state index in [1.807, 2.05) is 30.3 Å². The first-order chi connectivity index (χ1) is 7.73. The lowest BCUT2D eigenvalue weighted by Crippen LogP contribution is -2.55. The number of piperidine rings is 1. The second kappa shape index (κ2) is 4.53. The third-order valence-corrected chi connectivity index (χ3v) is 3.12. The summed E-state index contributed by atoms with van der Waals surface area (Å²) in [5.74, 6) is 0. The van der Waals surface area contributed by atoms with E-state index in [2.05, 4.69) is 10.6 Å². The summed E-state index contributed by atoms with van der Waals surface area (Å²) < 4.78 is 0. The summed E-state index contributed by atoms with van der Waals surface area (Å²) >= 11 is 0. The van der Waals surface area contributed by atoms with Crippen molar-refractivity contribution in [2.75, 3.05) is 13.1 Å². The fourth-order valence-corrected chi connectivity index (χ4v) is 2.29. The maximum absolute atomic E-state index is 10.8. The van der Waals surface area contributed by atoms with Gasteiger partial charge in [-0.15, -0.1) is 0 Å². The van der Waals surface area contributed by atoms with Gasteiger partial charge in [-0.25, -0.2) is 0 Å². The van der Waals surface area contributed by atoms with Gasteiger partial charge >= 0.3 is 0 Å². The zero-order valence-corrected chi connectivity index (χ0v) is 9.03. The summed E-state index contributed by atoms with van der Waals surface area (Å²) in [5, 5.41) is 16.6. The van der Waals surface area contributed by atoms with Crippen LogP contribution in [-0.2, 0) is 5.54 Å². The van der Waals surface area contributed by atoms with Crippen molar-refractivity contribution in [2.45, 2.75) is 18.4 Å². The van der Waals surface area contributed by atoms with E-state index in [1.165, 1.54) is 0 Å². The number of hydrogen-bond donors (Lipinski definition) is 2.